The highest BCUT2D eigenvalue weighted by molar-refractivity contribution is 7.89. The van der Waals surface area contributed by atoms with E-state index in [1.165, 1.54) is 32.3 Å². The first-order valence-corrected chi connectivity index (χ1v) is 9.25. The molecule has 0 radical (unpaired) electrons. The highest BCUT2D eigenvalue weighted by atomic mass is 32.2. The first-order chi connectivity index (χ1) is 13.1. The number of nitrogens with one attached hydrogen (secondary N) is 2. The number of nitrogens with zero attached hydrogens (tertiary/aromatic N) is 1. The summed E-state index contributed by atoms with van der Waals surface area (Å²) < 4.78 is 57.3. The fourth-order valence-electron chi connectivity index (χ4n) is 1.98. The molecule has 2 amide bonds. The van der Waals surface area contributed by atoms with Crippen molar-refractivity contribution in [3.8, 4) is 5.75 Å². The first-order valence-electron chi connectivity index (χ1n) is 7.81. The second-order valence-electron chi connectivity index (χ2n) is 5.65. The van der Waals surface area contributed by atoms with Gasteiger partial charge in [-0.2, -0.15) is 0 Å². The number of ether oxygens (including phenoxy) is 1. The van der Waals surface area contributed by atoms with Gasteiger partial charge in [0.2, 0.25) is 10.0 Å². The molecule has 150 valence electrons. The van der Waals surface area contributed by atoms with Crippen LogP contribution in [0.3, 0.4) is 0 Å². The van der Waals surface area contributed by atoms with Gasteiger partial charge in [0.25, 0.3) is 11.8 Å². The van der Waals surface area contributed by atoms with Gasteiger partial charge in [0.05, 0.1) is 10.5 Å². The number of hydrogen-bond acceptors (Lipinski definition) is 5. The van der Waals surface area contributed by atoms with Crippen LogP contribution in [0.4, 0.5) is 8.78 Å². The fraction of sp³-hybridized carbons (Fsp3) is 0.176. The topological polar surface area (TPSA) is 105 Å². The van der Waals surface area contributed by atoms with Gasteiger partial charge >= 0.3 is 0 Å². The summed E-state index contributed by atoms with van der Waals surface area (Å²) in [4.78, 5) is 23.5. The van der Waals surface area contributed by atoms with Gasteiger partial charge in [-0.1, -0.05) is 12.1 Å². The van der Waals surface area contributed by atoms with E-state index in [4.69, 9.17) is 4.74 Å². The quantitative estimate of drug-likeness (QED) is 0.689. The zero-order valence-electron chi connectivity index (χ0n) is 14.9. The van der Waals surface area contributed by atoms with Crippen LogP contribution in [0, 0.1) is 11.6 Å². The Hall–Kier alpha value is -3.05. The molecule has 2 aromatic rings. The number of halogens is 2. The lowest BCUT2D eigenvalue weighted by atomic mass is 10.2. The monoisotopic (exact) mass is 413 g/mol. The van der Waals surface area contributed by atoms with Crippen molar-refractivity contribution in [3.05, 3.63) is 59.7 Å². The van der Waals surface area contributed by atoms with Crippen LogP contribution in [0.1, 0.15) is 10.4 Å². The zero-order chi connectivity index (χ0) is 20.9. The zero-order valence-corrected chi connectivity index (χ0v) is 15.7. The Morgan fingerprint density at radius 3 is 2.36 bits per heavy atom. The molecule has 0 aliphatic heterocycles. The molecule has 11 heteroatoms. The Balaban J connectivity index is 2.01. The van der Waals surface area contributed by atoms with Gasteiger partial charge in [-0.3, -0.25) is 20.4 Å². The van der Waals surface area contributed by atoms with Gasteiger partial charge in [0.15, 0.2) is 18.2 Å². The lowest BCUT2D eigenvalue weighted by molar-refractivity contribution is -0.123. The Morgan fingerprint density at radius 2 is 1.71 bits per heavy atom. The molecule has 0 aliphatic carbocycles. The number of carbonyl (C=O) groups is 2. The van der Waals surface area contributed by atoms with Crippen LogP contribution in [0.25, 0.3) is 0 Å². The Bertz CT molecular complexity index is 996. The molecule has 2 aromatic carbocycles. The van der Waals surface area contributed by atoms with Crippen molar-refractivity contribution in [2.24, 2.45) is 0 Å². The molecule has 0 saturated carbocycles. The molecule has 0 bridgehead atoms. The van der Waals surface area contributed by atoms with E-state index in [-0.39, 0.29) is 10.6 Å². The van der Waals surface area contributed by atoms with Crippen molar-refractivity contribution >= 4 is 21.8 Å². The normalized spacial score (nSPS) is 11.2. The summed E-state index contributed by atoms with van der Waals surface area (Å²) in [5, 5.41) is 0. The van der Waals surface area contributed by atoms with E-state index in [0.717, 1.165) is 28.6 Å². The van der Waals surface area contributed by atoms with Crippen molar-refractivity contribution < 1.29 is 31.5 Å². The molecule has 0 atom stereocenters. The molecule has 0 aromatic heterocycles. The lowest BCUT2D eigenvalue weighted by Gasteiger charge is -2.13. The third-order valence-corrected chi connectivity index (χ3v) is 5.28. The maximum Gasteiger partial charge on any atom is 0.276 e. The van der Waals surface area contributed by atoms with Gasteiger partial charge in [0.1, 0.15) is 5.82 Å². The number of para-hydroxylation sites is 1. The average Bonchev–Trinajstić information content (AvgIpc) is 2.65. The molecule has 0 fully saturated rings. The maximum atomic E-state index is 13.9. The molecule has 8 nitrogen and oxygen atoms in total. The van der Waals surface area contributed by atoms with E-state index in [9.17, 15) is 26.8 Å². The van der Waals surface area contributed by atoms with Crippen molar-refractivity contribution in [2.45, 2.75) is 4.90 Å². The lowest BCUT2D eigenvalue weighted by Crippen LogP contribution is -2.44. The van der Waals surface area contributed by atoms with Crippen LogP contribution in [-0.4, -0.2) is 45.2 Å². The molecule has 0 spiro atoms. The summed E-state index contributed by atoms with van der Waals surface area (Å²) in [6, 6.07) is 8.11. The standard InChI is InChI=1S/C17H17F2N3O5S/c1-22(2)28(25,26)11-7-8-13(18)12(9-11)17(24)21-20-16(23)10-27-15-6-4-3-5-14(15)19/h3-9H,10H2,1-2H3,(H,20,23)(H,21,24). The highest BCUT2D eigenvalue weighted by Gasteiger charge is 2.21. The van der Waals surface area contributed by atoms with Gasteiger partial charge in [0, 0.05) is 14.1 Å². The van der Waals surface area contributed by atoms with Crippen molar-refractivity contribution in [1.29, 1.82) is 0 Å². The van der Waals surface area contributed by atoms with E-state index in [0.29, 0.717) is 0 Å². The number of hydrogen-bond donors (Lipinski definition) is 2. The number of amides is 2. The maximum absolute atomic E-state index is 13.9. The van der Waals surface area contributed by atoms with Crippen LogP contribution >= 0.6 is 0 Å². The number of hydrazine groups is 1. The highest BCUT2D eigenvalue weighted by Crippen LogP contribution is 2.18. The Labute approximate surface area is 160 Å². The molecule has 28 heavy (non-hydrogen) atoms. The van der Waals surface area contributed by atoms with E-state index in [1.54, 1.807) is 0 Å². The number of sulfonamides is 1. The Kier molecular flexibility index (Phi) is 6.65. The fourth-order valence-corrected chi connectivity index (χ4v) is 2.91. The third-order valence-electron chi connectivity index (χ3n) is 3.47. The number of benzene rings is 2. The van der Waals surface area contributed by atoms with Crippen molar-refractivity contribution in [2.75, 3.05) is 20.7 Å². The third kappa shape index (κ3) is 5.02. The van der Waals surface area contributed by atoms with Gasteiger partial charge in [-0.25, -0.2) is 21.5 Å². The molecule has 0 heterocycles. The van der Waals surface area contributed by atoms with E-state index >= 15 is 0 Å². The van der Waals surface area contributed by atoms with Gasteiger partial charge in [-0.05, 0) is 30.3 Å². The van der Waals surface area contributed by atoms with Crippen molar-refractivity contribution in [3.63, 3.8) is 0 Å². The molecule has 0 unspecified atom stereocenters. The molecular weight excluding hydrogens is 396 g/mol. The smallest absolute Gasteiger partial charge is 0.276 e. The van der Waals surface area contributed by atoms with Crippen molar-refractivity contribution in [1.82, 2.24) is 15.2 Å². The first kappa shape index (κ1) is 21.3. The predicted molar refractivity (Wildman–Crippen MR) is 94.8 cm³/mol. The van der Waals surface area contributed by atoms with E-state index in [1.807, 2.05) is 10.9 Å². The number of rotatable bonds is 6. The summed E-state index contributed by atoms with van der Waals surface area (Å²) in [6.07, 6.45) is 0. The molecular formula is C17H17F2N3O5S. The summed E-state index contributed by atoms with van der Waals surface area (Å²) >= 11 is 0. The summed E-state index contributed by atoms with van der Waals surface area (Å²) in [6.45, 7) is -0.612. The van der Waals surface area contributed by atoms with Crippen LogP contribution in [-0.2, 0) is 14.8 Å². The SMILES string of the molecule is CN(C)S(=O)(=O)c1ccc(F)c(C(=O)NNC(=O)COc2ccccc2F)c1. The second-order valence-corrected chi connectivity index (χ2v) is 7.80. The van der Waals surface area contributed by atoms with Gasteiger partial charge in [-0.15, -0.1) is 0 Å². The average molecular weight is 413 g/mol. The summed E-state index contributed by atoms with van der Waals surface area (Å²) in [5.41, 5.74) is 3.32. The summed E-state index contributed by atoms with van der Waals surface area (Å²) in [7, 11) is -1.31. The number of carbonyl (C=O) groups excluding carboxylic acids is 2. The molecule has 0 saturated heterocycles. The molecule has 0 aliphatic rings. The minimum Gasteiger partial charge on any atom is -0.481 e. The predicted octanol–water partition coefficient (Wildman–Crippen LogP) is 1.06. The van der Waals surface area contributed by atoms with E-state index in [2.05, 4.69) is 0 Å². The molecule has 2 rings (SSSR count). The van der Waals surface area contributed by atoms with Crippen LogP contribution in [0.15, 0.2) is 47.4 Å². The summed E-state index contributed by atoms with van der Waals surface area (Å²) in [5.74, 6) is -3.72. The molecule has 2 N–H and O–H groups in total. The van der Waals surface area contributed by atoms with Gasteiger partial charge < -0.3 is 4.74 Å². The van der Waals surface area contributed by atoms with Crippen LogP contribution in [0.2, 0.25) is 0 Å². The van der Waals surface area contributed by atoms with Crippen LogP contribution in [0.5, 0.6) is 5.75 Å². The Morgan fingerprint density at radius 1 is 1.04 bits per heavy atom. The van der Waals surface area contributed by atoms with Crippen LogP contribution < -0.4 is 15.6 Å². The largest absolute Gasteiger partial charge is 0.481 e. The second kappa shape index (κ2) is 8.76. The van der Waals surface area contributed by atoms with E-state index < -0.39 is 45.6 Å². The minimum atomic E-state index is -3.88. The minimum absolute atomic E-state index is 0.156.